The van der Waals surface area contributed by atoms with Gasteiger partial charge in [-0.05, 0) is 43.3 Å². The Morgan fingerprint density at radius 3 is 2.31 bits per heavy atom. The second-order valence-corrected chi connectivity index (χ2v) is 6.85. The van der Waals surface area contributed by atoms with Crippen molar-refractivity contribution in [1.29, 1.82) is 0 Å². The van der Waals surface area contributed by atoms with Crippen molar-refractivity contribution in [2.75, 3.05) is 19.8 Å². The summed E-state index contributed by atoms with van der Waals surface area (Å²) < 4.78 is 5.52. The Labute approximate surface area is 153 Å². The van der Waals surface area contributed by atoms with E-state index in [1.54, 1.807) is 24.3 Å². The van der Waals surface area contributed by atoms with Crippen LogP contribution in [0.2, 0.25) is 0 Å². The van der Waals surface area contributed by atoms with Gasteiger partial charge in [-0.15, -0.1) is 0 Å². The Balaban J connectivity index is 1.51. The number of ether oxygens (including phenoxy) is 1. The number of benzene rings is 2. The number of amides is 2. The van der Waals surface area contributed by atoms with E-state index in [0.717, 1.165) is 25.1 Å². The first-order valence-electron chi connectivity index (χ1n) is 9.21. The lowest BCUT2D eigenvalue weighted by atomic mass is 10.0. The molecule has 134 valence electrons. The number of rotatable bonds is 5. The van der Waals surface area contributed by atoms with E-state index in [0.29, 0.717) is 30.4 Å². The largest absolute Gasteiger partial charge is 0.494 e. The van der Waals surface area contributed by atoms with E-state index in [1.165, 1.54) is 15.4 Å². The zero-order chi connectivity index (χ0) is 18.1. The molecule has 1 fully saturated rings. The number of imide groups is 1. The van der Waals surface area contributed by atoms with Crippen LogP contribution in [0.4, 0.5) is 0 Å². The van der Waals surface area contributed by atoms with Gasteiger partial charge in [-0.1, -0.05) is 12.1 Å². The van der Waals surface area contributed by atoms with Crippen molar-refractivity contribution in [3.63, 3.8) is 0 Å². The molecule has 0 radical (unpaired) electrons. The van der Waals surface area contributed by atoms with Crippen molar-refractivity contribution in [3.05, 3.63) is 65.2 Å². The summed E-state index contributed by atoms with van der Waals surface area (Å²) in [6, 6.07) is 15.6. The first-order valence-corrected chi connectivity index (χ1v) is 9.21. The summed E-state index contributed by atoms with van der Waals surface area (Å²) in [6.07, 6.45) is 2.16. The lowest BCUT2D eigenvalue weighted by Gasteiger charge is -2.25. The Hall–Kier alpha value is -2.66. The van der Waals surface area contributed by atoms with Crippen LogP contribution in [0, 0.1) is 0 Å². The van der Waals surface area contributed by atoms with Gasteiger partial charge in [0, 0.05) is 18.4 Å². The van der Waals surface area contributed by atoms with E-state index in [4.69, 9.17) is 4.74 Å². The molecule has 2 aromatic carbocycles. The fraction of sp³-hybridized carbons (Fsp3) is 0.333. The van der Waals surface area contributed by atoms with Gasteiger partial charge in [0.05, 0.1) is 24.3 Å². The Morgan fingerprint density at radius 2 is 1.69 bits per heavy atom. The minimum Gasteiger partial charge on any atom is -0.494 e. The standard InChI is InChI=1S/C21H22N2O3/c1-2-26-16-11-9-15(10-12-16)19-8-5-13-22(19)14-23-20(24)17-6-3-4-7-18(17)21(23)25/h3-4,6-7,9-12,19H,2,5,8,13-14H2,1H3/p+1/t19-/m1/s1. The van der Waals surface area contributed by atoms with Crippen LogP contribution < -0.4 is 9.64 Å². The summed E-state index contributed by atoms with van der Waals surface area (Å²) in [7, 11) is 0. The molecule has 0 aromatic heterocycles. The fourth-order valence-electron chi connectivity index (χ4n) is 4.05. The Morgan fingerprint density at radius 1 is 1.04 bits per heavy atom. The quantitative estimate of drug-likeness (QED) is 0.839. The first kappa shape index (κ1) is 16.8. The maximum absolute atomic E-state index is 12.6. The van der Waals surface area contributed by atoms with Crippen LogP contribution in [0.25, 0.3) is 0 Å². The molecule has 5 nitrogen and oxygen atoms in total. The molecule has 2 aliphatic rings. The molecule has 0 saturated carbocycles. The third-order valence-electron chi connectivity index (χ3n) is 5.32. The number of fused-ring (bicyclic) bond motifs is 1. The van der Waals surface area contributed by atoms with Crippen molar-refractivity contribution in [2.45, 2.75) is 25.8 Å². The summed E-state index contributed by atoms with van der Waals surface area (Å²) in [5.74, 6) is 0.530. The van der Waals surface area contributed by atoms with Crippen LogP contribution in [-0.4, -0.2) is 36.5 Å². The van der Waals surface area contributed by atoms with Crippen LogP contribution >= 0.6 is 0 Å². The molecule has 26 heavy (non-hydrogen) atoms. The van der Waals surface area contributed by atoms with Gasteiger partial charge in [0.15, 0.2) is 6.67 Å². The molecular weight excluding hydrogens is 328 g/mol. The van der Waals surface area contributed by atoms with Crippen LogP contribution in [-0.2, 0) is 0 Å². The molecule has 2 heterocycles. The van der Waals surface area contributed by atoms with Gasteiger partial charge in [-0.3, -0.25) is 9.59 Å². The third-order valence-corrected chi connectivity index (χ3v) is 5.32. The average molecular weight is 351 g/mol. The second kappa shape index (κ2) is 6.92. The number of hydrogen-bond acceptors (Lipinski definition) is 3. The Kier molecular flexibility index (Phi) is 4.47. The molecule has 1 N–H and O–H groups in total. The van der Waals surface area contributed by atoms with E-state index >= 15 is 0 Å². The minimum atomic E-state index is -0.171. The molecule has 0 aliphatic carbocycles. The summed E-state index contributed by atoms with van der Waals surface area (Å²) in [5.41, 5.74) is 2.28. The lowest BCUT2D eigenvalue weighted by Crippen LogP contribution is -3.12. The molecule has 0 spiro atoms. The van der Waals surface area contributed by atoms with E-state index in [-0.39, 0.29) is 11.8 Å². The van der Waals surface area contributed by atoms with Gasteiger partial charge in [0.25, 0.3) is 11.8 Å². The number of nitrogens with one attached hydrogen (secondary N) is 1. The number of nitrogens with zero attached hydrogens (tertiary/aromatic N) is 1. The smallest absolute Gasteiger partial charge is 0.265 e. The predicted octanol–water partition coefficient (Wildman–Crippen LogP) is 2.06. The highest BCUT2D eigenvalue weighted by Gasteiger charge is 2.40. The van der Waals surface area contributed by atoms with E-state index < -0.39 is 0 Å². The molecule has 1 unspecified atom stereocenters. The maximum atomic E-state index is 12.6. The molecule has 2 amide bonds. The minimum absolute atomic E-state index is 0.171. The van der Waals surface area contributed by atoms with Crippen LogP contribution in [0.5, 0.6) is 5.75 Å². The zero-order valence-corrected chi connectivity index (χ0v) is 14.9. The van der Waals surface area contributed by atoms with E-state index in [1.807, 2.05) is 19.1 Å². The fourth-order valence-corrected chi connectivity index (χ4v) is 4.05. The van der Waals surface area contributed by atoms with Crippen LogP contribution in [0.3, 0.4) is 0 Å². The summed E-state index contributed by atoms with van der Waals surface area (Å²) >= 11 is 0. The molecule has 1 saturated heterocycles. The molecule has 2 atom stereocenters. The highest BCUT2D eigenvalue weighted by Crippen LogP contribution is 2.24. The molecule has 4 rings (SSSR count). The highest BCUT2D eigenvalue weighted by molar-refractivity contribution is 6.21. The molecule has 2 aromatic rings. The number of carbonyl (C=O) groups excluding carboxylic acids is 2. The zero-order valence-electron chi connectivity index (χ0n) is 14.9. The average Bonchev–Trinajstić information content (AvgIpc) is 3.22. The molecule has 5 heteroatoms. The maximum Gasteiger partial charge on any atom is 0.265 e. The van der Waals surface area contributed by atoms with Gasteiger partial charge in [0.1, 0.15) is 11.8 Å². The lowest BCUT2D eigenvalue weighted by molar-refractivity contribution is -0.925. The summed E-state index contributed by atoms with van der Waals surface area (Å²) in [6.45, 7) is 4.01. The SMILES string of the molecule is CCOc1ccc([C@H]2CCC[NH+]2CN2C(=O)c3ccccc3C2=O)cc1. The Bertz CT molecular complexity index is 796. The van der Waals surface area contributed by atoms with Crippen molar-refractivity contribution in [3.8, 4) is 5.75 Å². The van der Waals surface area contributed by atoms with E-state index in [2.05, 4.69) is 12.1 Å². The topological polar surface area (TPSA) is 51.1 Å². The molecular formula is C21H23N2O3+. The van der Waals surface area contributed by atoms with Crippen LogP contribution in [0.1, 0.15) is 52.1 Å². The van der Waals surface area contributed by atoms with E-state index in [9.17, 15) is 9.59 Å². The highest BCUT2D eigenvalue weighted by atomic mass is 16.5. The monoisotopic (exact) mass is 351 g/mol. The number of likely N-dealkylation sites (tertiary alicyclic amines) is 1. The predicted molar refractivity (Wildman–Crippen MR) is 97.2 cm³/mol. The molecule has 2 aliphatic heterocycles. The number of hydrogen-bond donors (Lipinski definition) is 1. The number of carbonyl (C=O) groups is 2. The van der Waals surface area contributed by atoms with Gasteiger partial charge < -0.3 is 9.64 Å². The van der Waals surface area contributed by atoms with Crippen molar-refractivity contribution in [2.24, 2.45) is 0 Å². The van der Waals surface area contributed by atoms with Gasteiger partial charge in [-0.2, -0.15) is 0 Å². The van der Waals surface area contributed by atoms with Crippen molar-refractivity contribution < 1.29 is 19.2 Å². The van der Waals surface area contributed by atoms with Gasteiger partial charge >= 0.3 is 0 Å². The summed E-state index contributed by atoms with van der Waals surface area (Å²) in [5, 5.41) is 0. The van der Waals surface area contributed by atoms with Crippen LogP contribution in [0.15, 0.2) is 48.5 Å². The number of quaternary nitrogens is 1. The molecule has 0 bridgehead atoms. The summed E-state index contributed by atoms with van der Waals surface area (Å²) in [4.78, 5) is 27.9. The van der Waals surface area contributed by atoms with Crippen molar-refractivity contribution >= 4 is 11.8 Å². The first-order chi connectivity index (χ1) is 12.7. The third kappa shape index (κ3) is 2.88. The van der Waals surface area contributed by atoms with Crippen molar-refractivity contribution in [1.82, 2.24) is 4.90 Å². The van der Waals surface area contributed by atoms with Gasteiger partial charge in [-0.25, -0.2) is 4.90 Å². The van der Waals surface area contributed by atoms with Gasteiger partial charge in [0.2, 0.25) is 0 Å². The normalized spacial score (nSPS) is 22.0. The second-order valence-electron chi connectivity index (χ2n) is 6.85.